The number of likely N-dealkylation sites (N-methyl/N-ethyl adjacent to an activating group) is 1. The number of piperazine rings is 1. The normalized spacial score (nSPS) is 20.4. The van der Waals surface area contributed by atoms with Crippen molar-refractivity contribution >= 4 is 17.3 Å². The molecule has 1 atom stereocenters. The van der Waals surface area contributed by atoms with E-state index in [1.54, 1.807) is 30.5 Å². The molecule has 3 aromatic rings. The summed E-state index contributed by atoms with van der Waals surface area (Å²) < 4.78 is 30.2. The average Bonchev–Trinajstić information content (AvgIpc) is 3.60. The van der Waals surface area contributed by atoms with Crippen LogP contribution in [0.2, 0.25) is 0 Å². The van der Waals surface area contributed by atoms with Crippen molar-refractivity contribution in [1.82, 2.24) is 14.8 Å². The Morgan fingerprint density at radius 3 is 2.54 bits per heavy atom. The quantitative estimate of drug-likeness (QED) is 0.436. The zero-order valence-corrected chi connectivity index (χ0v) is 23.6. The second-order valence-electron chi connectivity index (χ2n) is 11.4. The molecule has 6 nitrogen and oxygen atoms in total. The molecule has 0 radical (unpaired) electrons. The van der Waals surface area contributed by atoms with Crippen molar-refractivity contribution in [3.63, 3.8) is 0 Å². The third-order valence-corrected chi connectivity index (χ3v) is 8.53. The van der Waals surface area contributed by atoms with Crippen molar-refractivity contribution in [2.45, 2.75) is 38.2 Å². The monoisotopic (exact) mass is 555 g/mol. The van der Waals surface area contributed by atoms with Gasteiger partial charge in [0.1, 0.15) is 0 Å². The van der Waals surface area contributed by atoms with E-state index in [1.807, 2.05) is 19.2 Å². The Balaban J connectivity index is 1.18. The first kappa shape index (κ1) is 27.4. The summed E-state index contributed by atoms with van der Waals surface area (Å²) in [5.41, 5.74) is 5.04. The lowest BCUT2D eigenvalue weighted by atomic mass is 10.0. The van der Waals surface area contributed by atoms with Gasteiger partial charge in [-0.15, -0.1) is 0 Å². The van der Waals surface area contributed by atoms with Crippen molar-refractivity contribution in [2.75, 3.05) is 56.5 Å². The molecule has 6 rings (SSSR count). The van der Waals surface area contributed by atoms with Gasteiger partial charge in [-0.05, 0) is 68.3 Å². The van der Waals surface area contributed by atoms with E-state index in [0.717, 1.165) is 61.6 Å². The molecule has 8 heteroatoms. The van der Waals surface area contributed by atoms with Gasteiger partial charge in [0.25, 0.3) is 11.8 Å². The first-order chi connectivity index (χ1) is 19.8. The van der Waals surface area contributed by atoms with Crippen LogP contribution in [0.1, 0.15) is 63.5 Å². The molecule has 0 spiro atoms. The summed E-state index contributed by atoms with van der Waals surface area (Å²) in [6.07, 6.45) is 5.77. The highest BCUT2D eigenvalue weighted by molar-refractivity contribution is 6.04. The van der Waals surface area contributed by atoms with E-state index in [-0.39, 0.29) is 23.9 Å². The lowest BCUT2D eigenvalue weighted by molar-refractivity contribution is -0.0257. The molecule has 3 heterocycles. The van der Waals surface area contributed by atoms with Crippen LogP contribution in [0.4, 0.5) is 20.2 Å². The van der Waals surface area contributed by atoms with Gasteiger partial charge in [0.15, 0.2) is 0 Å². The van der Waals surface area contributed by atoms with Crippen LogP contribution in [0.3, 0.4) is 0 Å². The van der Waals surface area contributed by atoms with E-state index >= 15 is 8.78 Å². The van der Waals surface area contributed by atoms with Gasteiger partial charge in [-0.1, -0.05) is 24.0 Å². The Labute approximate surface area is 240 Å². The van der Waals surface area contributed by atoms with Gasteiger partial charge in [0, 0.05) is 85.9 Å². The maximum absolute atomic E-state index is 15.1. The van der Waals surface area contributed by atoms with E-state index < -0.39 is 5.92 Å². The molecule has 0 bridgehead atoms. The van der Waals surface area contributed by atoms with Crippen molar-refractivity contribution in [2.24, 2.45) is 0 Å². The molecule has 0 saturated carbocycles. The molecule has 41 heavy (non-hydrogen) atoms. The standard InChI is InChI=1S/C33H35F2N5O/c1-23-5-7-26(18-25(23)8-6-24-17-28(22-36-21-24)39-11-3-4-12-39)32(41)37-27-9-10-29-30(19-27)33(34,35)20-31(29)40-15-13-38(2)14-16-40/h5,7,9-10,17-19,21-22,31H,3-4,11-16,20H2,1-2H3,(H,37,41). The zero-order valence-electron chi connectivity index (χ0n) is 23.6. The Morgan fingerprint density at radius 1 is 0.976 bits per heavy atom. The number of pyridine rings is 1. The van der Waals surface area contributed by atoms with E-state index in [9.17, 15) is 4.79 Å². The Bertz CT molecular complexity index is 1510. The van der Waals surface area contributed by atoms with Crippen LogP contribution < -0.4 is 10.2 Å². The number of anilines is 2. The van der Waals surface area contributed by atoms with Crippen LogP contribution in [0.5, 0.6) is 0 Å². The molecule has 1 aliphatic carbocycles. The number of rotatable bonds is 4. The molecule has 2 saturated heterocycles. The molecule has 1 amide bonds. The Kier molecular flexibility index (Phi) is 7.50. The first-order valence-electron chi connectivity index (χ1n) is 14.4. The second-order valence-corrected chi connectivity index (χ2v) is 11.4. The van der Waals surface area contributed by atoms with Crippen LogP contribution >= 0.6 is 0 Å². The summed E-state index contributed by atoms with van der Waals surface area (Å²) >= 11 is 0. The van der Waals surface area contributed by atoms with Crippen LogP contribution in [0.25, 0.3) is 0 Å². The molecule has 1 unspecified atom stereocenters. The van der Waals surface area contributed by atoms with E-state index in [1.165, 1.54) is 18.9 Å². The minimum Gasteiger partial charge on any atom is -0.370 e. The smallest absolute Gasteiger partial charge is 0.275 e. The van der Waals surface area contributed by atoms with E-state index in [2.05, 4.69) is 50.0 Å². The Morgan fingerprint density at radius 2 is 1.76 bits per heavy atom. The number of carbonyl (C=O) groups excluding carboxylic acids is 1. The largest absolute Gasteiger partial charge is 0.370 e. The van der Waals surface area contributed by atoms with Crippen molar-refractivity contribution in [1.29, 1.82) is 0 Å². The number of benzene rings is 2. The number of amides is 1. The predicted molar refractivity (Wildman–Crippen MR) is 158 cm³/mol. The molecule has 2 aliphatic heterocycles. The van der Waals surface area contributed by atoms with Gasteiger partial charge in [0.05, 0.1) is 11.9 Å². The number of aryl methyl sites for hydroxylation is 1. The summed E-state index contributed by atoms with van der Waals surface area (Å²) in [5, 5.41) is 2.83. The molecule has 1 N–H and O–H groups in total. The summed E-state index contributed by atoms with van der Waals surface area (Å²) in [4.78, 5) is 24.2. The number of halogens is 2. The number of nitrogens with zero attached hydrogens (tertiary/aromatic N) is 4. The van der Waals surface area contributed by atoms with Gasteiger partial charge >= 0.3 is 0 Å². The number of alkyl halides is 2. The molecular formula is C33H35F2N5O. The minimum atomic E-state index is -2.93. The molecule has 1 aromatic heterocycles. The number of nitrogens with one attached hydrogen (secondary N) is 1. The van der Waals surface area contributed by atoms with E-state index in [0.29, 0.717) is 16.8 Å². The van der Waals surface area contributed by atoms with Crippen LogP contribution in [0.15, 0.2) is 54.9 Å². The molecule has 2 aromatic carbocycles. The third-order valence-electron chi connectivity index (χ3n) is 8.53. The molecule has 2 fully saturated rings. The number of aromatic nitrogens is 1. The number of hydrogen-bond acceptors (Lipinski definition) is 5. The Hall–Kier alpha value is -3.80. The van der Waals surface area contributed by atoms with Gasteiger partial charge in [-0.25, -0.2) is 8.78 Å². The van der Waals surface area contributed by atoms with Crippen LogP contribution in [-0.4, -0.2) is 67.0 Å². The highest BCUT2D eigenvalue weighted by atomic mass is 19.3. The highest BCUT2D eigenvalue weighted by Crippen LogP contribution is 2.50. The third kappa shape index (κ3) is 5.83. The second kappa shape index (κ2) is 11.2. The average molecular weight is 556 g/mol. The van der Waals surface area contributed by atoms with Crippen LogP contribution in [0, 0.1) is 18.8 Å². The number of carbonyl (C=O) groups is 1. The van der Waals surface area contributed by atoms with Gasteiger partial charge in [-0.2, -0.15) is 0 Å². The maximum atomic E-state index is 15.1. The summed E-state index contributed by atoms with van der Waals surface area (Å²) in [6, 6.07) is 12.0. The van der Waals surface area contributed by atoms with Crippen molar-refractivity contribution < 1.29 is 13.6 Å². The summed E-state index contributed by atoms with van der Waals surface area (Å²) in [7, 11) is 2.05. The summed E-state index contributed by atoms with van der Waals surface area (Å²) in [5.74, 6) is 3.09. The van der Waals surface area contributed by atoms with Crippen LogP contribution in [-0.2, 0) is 5.92 Å². The van der Waals surface area contributed by atoms with Crippen molar-refractivity contribution in [3.8, 4) is 11.8 Å². The van der Waals surface area contributed by atoms with Gasteiger partial charge < -0.3 is 15.1 Å². The van der Waals surface area contributed by atoms with Gasteiger partial charge in [-0.3, -0.25) is 14.7 Å². The highest BCUT2D eigenvalue weighted by Gasteiger charge is 2.47. The fraction of sp³-hybridized carbons (Fsp3) is 0.394. The lowest BCUT2D eigenvalue weighted by Crippen LogP contribution is -2.45. The maximum Gasteiger partial charge on any atom is 0.275 e. The molecule has 212 valence electrons. The zero-order chi connectivity index (χ0) is 28.6. The summed E-state index contributed by atoms with van der Waals surface area (Å²) in [6.45, 7) is 7.31. The topological polar surface area (TPSA) is 51.7 Å². The van der Waals surface area contributed by atoms with E-state index in [4.69, 9.17) is 0 Å². The SMILES string of the molecule is Cc1ccc(C(=O)Nc2ccc3c(c2)C(F)(F)CC3N2CCN(C)CC2)cc1C#Cc1cncc(N2CCCC2)c1. The molecule has 3 aliphatic rings. The molecular weight excluding hydrogens is 520 g/mol. The lowest BCUT2D eigenvalue weighted by Gasteiger charge is -2.36. The first-order valence-corrected chi connectivity index (χ1v) is 14.4. The number of hydrogen-bond donors (Lipinski definition) is 1. The number of fused-ring (bicyclic) bond motifs is 1. The fourth-order valence-electron chi connectivity index (χ4n) is 6.05. The predicted octanol–water partition coefficient (Wildman–Crippen LogP) is 5.43. The van der Waals surface area contributed by atoms with Gasteiger partial charge in [0.2, 0.25) is 0 Å². The van der Waals surface area contributed by atoms with Crippen molar-refractivity contribution in [3.05, 3.63) is 88.2 Å². The fourth-order valence-corrected chi connectivity index (χ4v) is 6.05. The minimum absolute atomic E-state index is 0.0134.